The summed E-state index contributed by atoms with van der Waals surface area (Å²) >= 11 is 0. The van der Waals surface area contributed by atoms with Gasteiger partial charge in [0, 0.05) is 6.04 Å². The second-order valence-electron chi connectivity index (χ2n) is 4.51. The highest BCUT2D eigenvalue weighted by molar-refractivity contribution is 5.85. The topological polar surface area (TPSA) is 49.3 Å². The number of carbonyl (C=O) groups is 1. The van der Waals surface area contributed by atoms with Gasteiger partial charge in [-0.05, 0) is 23.3 Å². The standard InChI is InChI=1S/C15H17NO2/c1-11(10-17)16-15(18)9-12-6-7-13-4-2-3-5-14(13)8-12/h2-8,11,17H,9-10H2,1H3,(H,16,18). The Bertz CT molecular complexity index is 551. The molecule has 0 saturated heterocycles. The summed E-state index contributed by atoms with van der Waals surface area (Å²) in [5.74, 6) is -0.0631. The lowest BCUT2D eigenvalue weighted by atomic mass is 10.0. The zero-order valence-electron chi connectivity index (χ0n) is 10.4. The Morgan fingerprint density at radius 2 is 1.94 bits per heavy atom. The SMILES string of the molecule is CC(CO)NC(=O)Cc1ccc2ccccc2c1. The molecule has 94 valence electrons. The Morgan fingerprint density at radius 3 is 2.67 bits per heavy atom. The Labute approximate surface area is 106 Å². The first kappa shape index (κ1) is 12.6. The van der Waals surface area contributed by atoms with E-state index < -0.39 is 0 Å². The Hall–Kier alpha value is -1.87. The normalized spacial score (nSPS) is 12.3. The molecule has 0 aliphatic rings. The highest BCUT2D eigenvalue weighted by Gasteiger charge is 2.07. The van der Waals surface area contributed by atoms with Gasteiger partial charge in [-0.2, -0.15) is 0 Å². The molecule has 0 saturated carbocycles. The number of fused-ring (bicyclic) bond motifs is 1. The molecule has 1 amide bonds. The van der Waals surface area contributed by atoms with Crippen LogP contribution in [0.4, 0.5) is 0 Å². The Morgan fingerprint density at radius 1 is 1.22 bits per heavy atom. The lowest BCUT2D eigenvalue weighted by molar-refractivity contribution is -0.121. The molecule has 0 heterocycles. The fourth-order valence-corrected chi connectivity index (χ4v) is 1.91. The summed E-state index contributed by atoms with van der Waals surface area (Å²) in [6.45, 7) is 1.74. The van der Waals surface area contributed by atoms with Crippen molar-refractivity contribution in [3.05, 3.63) is 48.0 Å². The number of rotatable bonds is 4. The van der Waals surface area contributed by atoms with Crippen molar-refractivity contribution in [2.45, 2.75) is 19.4 Å². The van der Waals surface area contributed by atoms with Gasteiger partial charge in [0.25, 0.3) is 0 Å². The minimum Gasteiger partial charge on any atom is -0.394 e. The molecule has 0 fully saturated rings. The second kappa shape index (κ2) is 5.65. The molecular formula is C15H17NO2. The third-order valence-corrected chi connectivity index (χ3v) is 2.86. The van der Waals surface area contributed by atoms with E-state index in [9.17, 15) is 4.79 Å². The molecule has 0 aromatic heterocycles. The number of amides is 1. The van der Waals surface area contributed by atoms with Gasteiger partial charge in [-0.1, -0.05) is 42.5 Å². The van der Waals surface area contributed by atoms with Crippen molar-refractivity contribution < 1.29 is 9.90 Å². The van der Waals surface area contributed by atoms with Crippen LogP contribution >= 0.6 is 0 Å². The lowest BCUT2D eigenvalue weighted by Crippen LogP contribution is -2.35. The number of hydrogen-bond acceptors (Lipinski definition) is 2. The van der Waals surface area contributed by atoms with E-state index in [0.717, 1.165) is 10.9 Å². The fourth-order valence-electron chi connectivity index (χ4n) is 1.91. The molecule has 2 rings (SSSR count). The number of benzene rings is 2. The number of nitrogens with one attached hydrogen (secondary N) is 1. The maximum Gasteiger partial charge on any atom is 0.224 e. The van der Waals surface area contributed by atoms with Crippen LogP contribution in [0, 0.1) is 0 Å². The van der Waals surface area contributed by atoms with Gasteiger partial charge in [-0.15, -0.1) is 0 Å². The Balaban J connectivity index is 2.10. The number of hydrogen-bond donors (Lipinski definition) is 2. The average molecular weight is 243 g/mol. The molecule has 3 nitrogen and oxygen atoms in total. The summed E-state index contributed by atoms with van der Waals surface area (Å²) in [6, 6.07) is 13.9. The van der Waals surface area contributed by atoms with Crippen molar-refractivity contribution >= 4 is 16.7 Å². The van der Waals surface area contributed by atoms with Crippen LogP contribution in [-0.2, 0) is 11.2 Å². The molecule has 0 aliphatic carbocycles. The van der Waals surface area contributed by atoms with Crippen LogP contribution in [0.5, 0.6) is 0 Å². The largest absolute Gasteiger partial charge is 0.394 e. The van der Waals surface area contributed by atoms with Crippen molar-refractivity contribution in [2.75, 3.05) is 6.61 Å². The maximum atomic E-state index is 11.7. The maximum absolute atomic E-state index is 11.7. The highest BCUT2D eigenvalue weighted by Crippen LogP contribution is 2.15. The summed E-state index contributed by atoms with van der Waals surface area (Å²) in [6.07, 6.45) is 0.342. The molecule has 0 radical (unpaired) electrons. The van der Waals surface area contributed by atoms with Gasteiger partial charge in [0.05, 0.1) is 13.0 Å². The predicted molar refractivity (Wildman–Crippen MR) is 72.3 cm³/mol. The molecule has 18 heavy (non-hydrogen) atoms. The van der Waals surface area contributed by atoms with E-state index in [0.29, 0.717) is 6.42 Å². The zero-order valence-corrected chi connectivity index (χ0v) is 10.4. The van der Waals surface area contributed by atoms with E-state index in [1.807, 2.05) is 42.5 Å². The molecule has 2 aromatic carbocycles. The molecule has 1 atom stereocenters. The summed E-state index contributed by atoms with van der Waals surface area (Å²) in [5.41, 5.74) is 0.983. The van der Waals surface area contributed by atoms with Crippen molar-refractivity contribution in [3.8, 4) is 0 Å². The van der Waals surface area contributed by atoms with E-state index in [1.165, 1.54) is 5.39 Å². The number of aliphatic hydroxyl groups is 1. The Kier molecular flexibility index (Phi) is 3.95. The zero-order chi connectivity index (χ0) is 13.0. The van der Waals surface area contributed by atoms with Gasteiger partial charge in [-0.3, -0.25) is 4.79 Å². The minimum absolute atomic E-state index is 0.0382. The van der Waals surface area contributed by atoms with Crippen LogP contribution in [0.1, 0.15) is 12.5 Å². The molecule has 2 N–H and O–H groups in total. The van der Waals surface area contributed by atoms with Gasteiger partial charge in [0.2, 0.25) is 5.91 Å². The lowest BCUT2D eigenvalue weighted by Gasteiger charge is -2.10. The van der Waals surface area contributed by atoms with Gasteiger partial charge in [-0.25, -0.2) is 0 Å². The third kappa shape index (κ3) is 3.08. The van der Waals surface area contributed by atoms with Crippen molar-refractivity contribution in [1.29, 1.82) is 0 Å². The van der Waals surface area contributed by atoms with Crippen LogP contribution in [0.25, 0.3) is 10.8 Å². The van der Waals surface area contributed by atoms with Crippen LogP contribution in [0.3, 0.4) is 0 Å². The summed E-state index contributed by atoms with van der Waals surface area (Å²) < 4.78 is 0. The number of carbonyl (C=O) groups excluding carboxylic acids is 1. The molecule has 0 spiro atoms. The molecular weight excluding hydrogens is 226 g/mol. The first-order chi connectivity index (χ1) is 8.69. The quantitative estimate of drug-likeness (QED) is 0.861. The van der Waals surface area contributed by atoms with Gasteiger partial charge >= 0.3 is 0 Å². The van der Waals surface area contributed by atoms with Gasteiger partial charge in [0.15, 0.2) is 0 Å². The summed E-state index contributed by atoms with van der Waals surface area (Å²) in [5, 5.41) is 13.9. The van der Waals surface area contributed by atoms with E-state index in [1.54, 1.807) is 6.92 Å². The van der Waals surface area contributed by atoms with E-state index >= 15 is 0 Å². The first-order valence-corrected chi connectivity index (χ1v) is 6.07. The van der Waals surface area contributed by atoms with Crippen molar-refractivity contribution in [1.82, 2.24) is 5.32 Å². The average Bonchev–Trinajstić information content (AvgIpc) is 2.38. The molecule has 0 bridgehead atoms. The number of aliphatic hydroxyl groups excluding tert-OH is 1. The minimum atomic E-state index is -0.196. The fraction of sp³-hybridized carbons (Fsp3) is 0.267. The van der Waals surface area contributed by atoms with Crippen molar-refractivity contribution in [2.24, 2.45) is 0 Å². The predicted octanol–water partition coefficient (Wildman–Crippen LogP) is 1.88. The molecule has 0 aliphatic heterocycles. The third-order valence-electron chi connectivity index (χ3n) is 2.86. The molecule has 3 heteroatoms. The first-order valence-electron chi connectivity index (χ1n) is 6.07. The van der Waals surface area contributed by atoms with Crippen LogP contribution in [0.15, 0.2) is 42.5 Å². The monoisotopic (exact) mass is 243 g/mol. The van der Waals surface area contributed by atoms with Crippen LogP contribution in [0.2, 0.25) is 0 Å². The van der Waals surface area contributed by atoms with E-state index in [-0.39, 0.29) is 18.6 Å². The van der Waals surface area contributed by atoms with Gasteiger partial charge in [0.1, 0.15) is 0 Å². The summed E-state index contributed by atoms with van der Waals surface area (Å²) in [4.78, 5) is 11.7. The smallest absolute Gasteiger partial charge is 0.224 e. The summed E-state index contributed by atoms with van der Waals surface area (Å²) in [7, 11) is 0. The second-order valence-corrected chi connectivity index (χ2v) is 4.51. The molecule has 2 aromatic rings. The highest BCUT2D eigenvalue weighted by atomic mass is 16.3. The van der Waals surface area contributed by atoms with E-state index in [2.05, 4.69) is 5.32 Å². The van der Waals surface area contributed by atoms with Crippen molar-refractivity contribution in [3.63, 3.8) is 0 Å². The van der Waals surface area contributed by atoms with E-state index in [4.69, 9.17) is 5.11 Å². The molecule has 1 unspecified atom stereocenters. The van der Waals surface area contributed by atoms with Gasteiger partial charge < -0.3 is 10.4 Å². The van der Waals surface area contributed by atoms with Crippen LogP contribution in [-0.4, -0.2) is 23.7 Å². The van der Waals surface area contributed by atoms with Crippen LogP contribution < -0.4 is 5.32 Å².